The average molecular weight is 594 g/mol. The van der Waals surface area contributed by atoms with Gasteiger partial charge in [0.15, 0.2) is 19.4 Å². The van der Waals surface area contributed by atoms with E-state index in [0.29, 0.717) is 16.9 Å². The number of rotatable bonds is 5. The summed E-state index contributed by atoms with van der Waals surface area (Å²) < 4.78 is 2.57. The second kappa shape index (κ2) is 11.1. The van der Waals surface area contributed by atoms with Crippen LogP contribution in [0, 0.1) is 24.5 Å². The van der Waals surface area contributed by atoms with Crippen molar-refractivity contribution in [3.63, 3.8) is 0 Å². The standard InChI is InChI=1S/C39H23N3SSi/c1-41-30-12-20-34(21-13-30)44(32-16-7-27(26-40)8-17-32,35-22-14-31(42-2)15-23-35)33-18-9-28(10-19-33)29-11-24-37-36-5-3-4-6-38(36)43-39(37)25-29/h3-25H. The number of benzene rings is 6. The maximum absolute atomic E-state index is 9.55. The Morgan fingerprint density at radius 2 is 1.00 bits per heavy atom. The summed E-state index contributed by atoms with van der Waals surface area (Å²) in [6.07, 6.45) is 0. The highest BCUT2D eigenvalue weighted by atomic mass is 32.1. The zero-order valence-electron chi connectivity index (χ0n) is 23.5. The molecule has 0 aliphatic rings. The van der Waals surface area contributed by atoms with Crippen LogP contribution < -0.4 is 20.7 Å². The molecule has 204 valence electrons. The van der Waals surface area contributed by atoms with Gasteiger partial charge in [-0.3, -0.25) is 0 Å². The molecule has 0 aliphatic carbocycles. The minimum atomic E-state index is -2.91. The highest BCUT2D eigenvalue weighted by Gasteiger charge is 2.41. The van der Waals surface area contributed by atoms with E-state index >= 15 is 0 Å². The van der Waals surface area contributed by atoms with Gasteiger partial charge in [0.25, 0.3) is 0 Å². The van der Waals surface area contributed by atoms with Gasteiger partial charge in [-0.15, -0.1) is 11.3 Å². The highest BCUT2D eigenvalue weighted by molar-refractivity contribution is 7.25. The molecule has 1 aromatic heterocycles. The summed E-state index contributed by atoms with van der Waals surface area (Å²) in [5.74, 6) is 0. The average Bonchev–Trinajstić information content (AvgIpc) is 3.48. The summed E-state index contributed by atoms with van der Waals surface area (Å²) in [5.41, 5.74) is 4.10. The Labute approximate surface area is 261 Å². The third-order valence-corrected chi connectivity index (χ3v) is 14.3. The van der Waals surface area contributed by atoms with Crippen LogP contribution >= 0.6 is 11.3 Å². The monoisotopic (exact) mass is 593 g/mol. The first kappa shape index (κ1) is 27.1. The number of hydrogen-bond acceptors (Lipinski definition) is 2. The van der Waals surface area contributed by atoms with E-state index < -0.39 is 8.07 Å². The predicted molar refractivity (Wildman–Crippen MR) is 186 cm³/mol. The maximum atomic E-state index is 9.55. The van der Waals surface area contributed by atoms with Gasteiger partial charge in [-0.05, 0) is 56.1 Å². The van der Waals surface area contributed by atoms with E-state index in [4.69, 9.17) is 13.1 Å². The summed E-state index contributed by atoms with van der Waals surface area (Å²) in [6.45, 7) is 15.0. The number of hydrogen-bond donors (Lipinski definition) is 0. The van der Waals surface area contributed by atoms with Gasteiger partial charge in [-0.1, -0.05) is 115 Å². The molecule has 0 fully saturated rings. The van der Waals surface area contributed by atoms with Crippen molar-refractivity contribution >= 4 is 71.7 Å². The Hall–Kier alpha value is -5.77. The molecule has 7 aromatic rings. The lowest BCUT2D eigenvalue weighted by Gasteiger charge is -2.34. The summed E-state index contributed by atoms with van der Waals surface area (Å²) in [5, 5.41) is 16.7. The van der Waals surface area contributed by atoms with Gasteiger partial charge in [0.2, 0.25) is 0 Å². The van der Waals surface area contributed by atoms with E-state index in [1.165, 1.54) is 30.9 Å². The zero-order chi connectivity index (χ0) is 30.1. The quantitative estimate of drug-likeness (QED) is 0.113. The smallest absolute Gasteiger partial charge is 0.187 e. The predicted octanol–water partition coefficient (Wildman–Crippen LogP) is 8.07. The lowest BCUT2D eigenvalue weighted by Crippen LogP contribution is -2.74. The molecule has 0 unspecified atom stereocenters. The molecule has 0 radical (unpaired) electrons. The first-order chi connectivity index (χ1) is 21.6. The van der Waals surface area contributed by atoms with Crippen LogP contribution in [0.4, 0.5) is 11.4 Å². The summed E-state index contributed by atoms with van der Waals surface area (Å²) in [6, 6.07) is 50.1. The van der Waals surface area contributed by atoms with E-state index in [9.17, 15) is 5.26 Å². The first-order valence-corrected chi connectivity index (χ1v) is 16.9. The summed E-state index contributed by atoms with van der Waals surface area (Å²) >= 11 is 1.82. The third-order valence-electron chi connectivity index (χ3n) is 8.34. The van der Waals surface area contributed by atoms with Crippen LogP contribution in [0.2, 0.25) is 0 Å². The van der Waals surface area contributed by atoms with Crippen LogP contribution in [0.25, 0.3) is 41.0 Å². The van der Waals surface area contributed by atoms with Crippen molar-refractivity contribution in [1.82, 2.24) is 0 Å². The van der Waals surface area contributed by atoms with Gasteiger partial charge in [0.05, 0.1) is 24.8 Å². The van der Waals surface area contributed by atoms with Gasteiger partial charge in [-0.2, -0.15) is 5.26 Å². The summed E-state index contributed by atoms with van der Waals surface area (Å²) in [7, 11) is -2.91. The zero-order valence-corrected chi connectivity index (χ0v) is 25.3. The fourth-order valence-corrected chi connectivity index (χ4v) is 12.0. The van der Waals surface area contributed by atoms with Gasteiger partial charge >= 0.3 is 0 Å². The molecule has 0 saturated carbocycles. The van der Waals surface area contributed by atoms with E-state index in [1.54, 1.807) is 0 Å². The van der Waals surface area contributed by atoms with Crippen molar-refractivity contribution in [2.24, 2.45) is 0 Å². The SMILES string of the molecule is [C-]#[N+]c1ccc([Si](c2ccc(C#N)cc2)(c2ccc([N+]#[C-])cc2)c2ccc(-c3ccc4c(c3)sc3ccccc34)cc2)cc1. The van der Waals surface area contributed by atoms with Gasteiger partial charge < -0.3 is 0 Å². The van der Waals surface area contributed by atoms with Crippen LogP contribution in [0.3, 0.4) is 0 Å². The lowest BCUT2D eigenvalue weighted by molar-refractivity contribution is 1.49. The summed E-state index contributed by atoms with van der Waals surface area (Å²) in [4.78, 5) is 7.27. The molecule has 0 atom stereocenters. The second-order valence-electron chi connectivity index (χ2n) is 10.6. The number of nitrogens with zero attached hydrogens (tertiary/aromatic N) is 3. The van der Waals surface area contributed by atoms with Gasteiger partial charge in [0, 0.05) is 20.2 Å². The largest absolute Gasteiger partial charge is 0.238 e. The van der Waals surface area contributed by atoms with Crippen molar-refractivity contribution in [2.75, 3.05) is 0 Å². The fourth-order valence-electron chi connectivity index (χ4n) is 6.18. The third kappa shape index (κ3) is 4.48. The molecule has 44 heavy (non-hydrogen) atoms. The molecule has 0 amide bonds. The molecule has 0 saturated heterocycles. The van der Waals surface area contributed by atoms with Crippen molar-refractivity contribution in [2.45, 2.75) is 0 Å². The van der Waals surface area contributed by atoms with E-state index in [2.05, 4.69) is 119 Å². The Morgan fingerprint density at radius 3 is 1.55 bits per heavy atom. The Morgan fingerprint density at radius 1 is 0.523 bits per heavy atom. The number of nitriles is 1. The van der Waals surface area contributed by atoms with Crippen molar-refractivity contribution in [3.8, 4) is 17.2 Å². The van der Waals surface area contributed by atoms with E-state index in [-0.39, 0.29) is 0 Å². The number of thiophene rings is 1. The van der Waals surface area contributed by atoms with Gasteiger partial charge in [-0.25, -0.2) is 9.69 Å². The van der Waals surface area contributed by atoms with Gasteiger partial charge in [0.1, 0.15) is 0 Å². The highest BCUT2D eigenvalue weighted by Crippen LogP contribution is 2.36. The van der Waals surface area contributed by atoms with Crippen molar-refractivity contribution in [1.29, 1.82) is 5.26 Å². The molecule has 5 heteroatoms. The lowest BCUT2D eigenvalue weighted by atomic mass is 10.0. The molecule has 7 rings (SSSR count). The van der Waals surface area contributed by atoms with E-state index in [0.717, 1.165) is 21.1 Å². The van der Waals surface area contributed by atoms with Crippen LogP contribution in [0.1, 0.15) is 5.56 Å². The van der Waals surface area contributed by atoms with Crippen LogP contribution in [-0.2, 0) is 0 Å². The Kier molecular flexibility index (Phi) is 6.86. The molecule has 0 aliphatic heterocycles. The van der Waals surface area contributed by atoms with Crippen molar-refractivity contribution < 1.29 is 0 Å². The van der Waals surface area contributed by atoms with Crippen LogP contribution in [0.15, 0.2) is 140 Å². The second-order valence-corrected chi connectivity index (χ2v) is 15.5. The van der Waals surface area contributed by atoms with E-state index in [1.807, 2.05) is 47.7 Å². The van der Waals surface area contributed by atoms with Crippen molar-refractivity contribution in [3.05, 3.63) is 168 Å². The molecule has 0 N–H and O–H groups in total. The molecule has 1 heterocycles. The number of fused-ring (bicyclic) bond motifs is 3. The van der Waals surface area contributed by atoms with Crippen LogP contribution in [-0.4, -0.2) is 8.07 Å². The maximum Gasteiger partial charge on any atom is 0.187 e. The normalized spacial score (nSPS) is 11.1. The minimum Gasteiger partial charge on any atom is -0.238 e. The molecular weight excluding hydrogens is 571 g/mol. The first-order valence-electron chi connectivity index (χ1n) is 14.1. The molecule has 0 spiro atoms. The minimum absolute atomic E-state index is 0.590. The molecular formula is C39H23N3SSi. The Balaban J connectivity index is 1.43. The molecule has 0 bridgehead atoms. The molecule has 6 aromatic carbocycles. The van der Waals surface area contributed by atoms with Crippen LogP contribution in [0.5, 0.6) is 0 Å². The topological polar surface area (TPSA) is 32.5 Å². The molecule has 3 nitrogen and oxygen atoms in total. The fraction of sp³-hybridized carbons (Fsp3) is 0. The Bertz CT molecular complexity index is 2140.